The van der Waals surface area contributed by atoms with Gasteiger partial charge in [0.1, 0.15) is 0 Å². The number of amides is 1. The maximum Gasteiger partial charge on any atom is 0.270 e. The number of sulfone groups is 1. The Bertz CT molecular complexity index is 993. The fourth-order valence-corrected chi connectivity index (χ4v) is 4.28. The lowest BCUT2D eigenvalue weighted by atomic mass is 10.3. The highest BCUT2D eigenvalue weighted by Crippen LogP contribution is 2.27. The molecule has 0 spiro atoms. The molecule has 1 heterocycles. The minimum atomic E-state index is -4.11. The number of rotatable bonds is 8. The number of unbranched alkanes of at least 4 members (excludes halogenated alkanes) is 1. The largest absolute Gasteiger partial charge is 0.355 e. The lowest BCUT2D eigenvalue weighted by Gasteiger charge is -2.06. The molecule has 1 aromatic heterocycles. The molecule has 146 valence electrons. The minimum Gasteiger partial charge on any atom is -0.355 e. The van der Waals surface area contributed by atoms with Crippen LogP contribution >= 0.6 is 35.0 Å². The number of hydrogen-bond donors (Lipinski definition) is 2. The molecule has 0 fully saturated rings. The van der Waals surface area contributed by atoms with Gasteiger partial charge in [-0.25, -0.2) is 13.4 Å². The molecule has 27 heavy (non-hydrogen) atoms. The number of H-pyrrole nitrogens is 1. The lowest BCUT2D eigenvalue weighted by Crippen LogP contribution is -2.26. The Morgan fingerprint density at radius 3 is 2.67 bits per heavy atom. The summed E-state index contributed by atoms with van der Waals surface area (Å²) in [5.74, 6) is -0.130. The van der Waals surface area contributed by atoms with Crippen molar-refractivity contribution in [1.29, 1.82) is 0 Å². The lowest BCUT2D eigenvalue weighted by molar-refractivity contribution is -0.118. The predicted molar refractivity (Wildman–Crippen MR) is 105 cm³/mol. The summed E-state index contributed by atoms with van der Waals surface area (Å²) in [6.45, 7) is 2.60. The van der Waals surface area contributed by atoms with Crippen LogP contribution in [0.2, 0.25) is 10.0 Å². The maximum absolute atomic E-state index is 12.6. The topological polar surface area (TPSA) is 109 Å². The fraction of sp³-hybridized carbons (Fsp3) is 0.312. The van der Waals surface area contributed by atoms with Gasteiger partial charge in [-0.2, -0.15) is 0 Å². The number of nitrogens with one attached hydrogen (secondary N) is 2. The molecule has 2 aromatic rings. The quantitative estimate of drug-likeness (QED) is 0.364. The third-order valence-electron chi connectivity index (χ3n) is 3.43. The van der Waals surface area contributed by atoms with Crippen molar-refractivity contribution in [3.63, 3.8) is 0 Å². The Labute approximate surface area is 170 Å². The number of aromatic amines is 1. The number of benzene rings is 1. The Kier molecular flexibility index (Phi) is 7.72. The van der Waals surface area contributed by atoms with Gasteiger partial charge in [0.2, 0.25) is 15.7 Å². The van der Waals surface area contributed by atoms with Gasteiger partial charge in [-0.1, -0.05) is 48.3 Å². The van der Waals surface area contributed by atoms with Crippen LogP contribution in [0.1, 0.15) is 19.8 Å². The van der Waals surface area contributed by atoms with Crippen LogP contribution in [0.3, 0.4) is 0 Å². The minimum absolute atomic E-state index is 0.0587. The van der Waals surface area contributed by atoms with E-state index in [2.05, 4.69) is 15.3 Å². The molecule has 0 aliphatic rings. The molecular formula is C16H17Cl2N3O4S2. The van der Waals surface area contributed by atoms with E-state index >= 15 is 0 Å². The first-order valence-corrected chi connectivity index (χ1v) is 11.2. The van der Waals surface area contributed by atoms with Gasteiger partial charge in [0.25, 0.3) is 5.56 Å². The molecule has 0 aliphatic carbocycles. The Hall–Kier alpha value is -1.55. The Balaban J connectivity index is 2.15. The van der Waals surface area contributed by atoms with E-state index in [-0.39, 0.29) is 31.8 Å². The summed E-state index contributed by atoms with van der Waals surface area (Å²) >= 11 is 12.6. The number of carbonyl (C=O) groups excluding carboxylic acids is 1. The molecule has 0 atom stereocenters. The molecule has 0 unspecified atom stereocenters. The van der Waals surface area contributed by atoms with Crippen molar-refractivity contribution >= 4 is 50.7 Å². The summed E-state index contributed by atoms with van der Waals surface area (Å²) in [4.78, 5) is 29.5. The molecule has 0 saturated heterocycles. The molecule has 7 nitrogen and oxygen atoms in total. The van der Waals surface area contributed by atoms with Crippen LogP contribution in [0.4, 0.5) is 0 Å². The van der Waals surface area contributed by atoms with Crippen molar-refractivity contribution in [2.24, 2.45) is 0 Å². The van der Waals surface area contributed by atoms with Gasteiger partial charge in [-0.3, -0.25) is 9.59 Å². The normalized spacial score (nSPS) is 11.4. The van der Waals surface area contributed by atoms with Gasteiger partial charge >= 0.3 is 0 Å². The molecule has 2 N–H and O–H groups in total. The van der Waals surface area contributed by atoms with Crippen molar-refractivity contribution in [3.05, 3.63) is 44.8 Å². The number of thioether (sulfide) groups is 1. The molecule has 2 rings (SSSR count). The number of carbonyl (C=O) groups is 1. The van der Waals surface area contributed by atoms with Crippen LogP contribution in [0.25, 0.3) is 0 Å². The summed E-state index contributed by atoms with van der Waals surface area (Å²) in [5.41, 5.74) is -0.829. The number of hydrogen-bond acceptors (Lipinski definition) is 6. The van der Waals surface area contributed by atoms with Crippen LogP contribution < -0.4 is 10.9 Å². The Morgan fingerprint density at radius 2 is 2.04 bits per heavy atom. The zero-order chi connectivity index (χ0) is 20.0. The second kappa shape index (κ2) is 9.59. The second-order valence-electron chi connectivity index (χ2n) is 5.45. The van der Waals surface area contributed by atoms with Crippen LogP contribution in [-0.2, 0) is 14.6 Å². The smallest absolute Gasteiger partial charge is 0.270 e. The molecule has 0 aliphatic heterocycles. The number of halogens is 2. The van der Waals surface area contributed by atoms with Crippen LogP contribution in [0.5, 0.6) is 0 Å². The standard InChI is InChI=1S/C16H17Cl2N3O4S2/c1-2-3-6-19-14(22)9-26-16-20-8-13(15(23)21-16)27(24,25)10-4-5-11(17)12(18)7-10/h4-5,7-8H,2-3,6,9H2,1H3,(H,19,22)(H,20,21,23). The van der Waals surface area contributed by atoms with Crippen molar-refractivity contribution < 1.29 is 13.2 Å². The Morgan fingerprint density at radius 1 is 1.30 bits per heavy atom. The zero-order valence-corrected chi connectivity index (χ0v) is 17.4. The molecule has 11 heteroatoms. The summed E-state index contributed by atoms with van der Waals surface area (Å²) in [6.07, 6.45) is 2.82. The molecule has 1 amide bonds. The van der Waals surface area contributed by atoms with Crippen LogP contribution in [0.15, 0.2) is 44.1 Å². The van der Waals surface area contributed by atoms with Crippen molar-refractivity contribution in [1.82, 2.24) is 15.3 Å². The second-order valence-corrected chi connectivity index (χ2v) is 9.15. The van der Waals surface area contributed by atoms with Crippen molar-refractivity contribution in [2.45, 2.75) is 34.7 Å². The monoisotopic (exact) mass is 449 g/mol. The van der Waals surface area contributed by atoms with Gasteiger partial charge in [-0.05, 0) is 24.6 Å². The van der Waals surface area contributed by atoms with E-state index in [1.807, 2.05) is 6.92 Å². The molecule has 0 radical (unpaired) electrons. The highest BCUT2D eigenvalue weighted by atomic mass is 35.5. The molecule has 1 aromatic carbocycles. The maximum atomic E-state index is 12.6. The summed E-state index contributed by atoms with van der Waals surface area (Å²) in [6, 6.07) is 3.76. The van der Waals surface area contributed by atoms with Gasteiger partial charge in [-0.15, -0.1) is 0 Å². The predicted octanol–water partition coefficient (Wildman–Crippen LogP) is 2.92. The van der Waals surface area contributed by atoms with E-state index < -0.39 is 20.3 Å². The van der Waals surface area contributed by atoms with Crippen LogP contribution in [0, 0.1) is 0 Å². The summed E-state index contributed by atoms with van der Waals surface area (Å²) in [7, 11) is -4.11. The molecule has 0 saturated carbocycles. The average molecular weight is 450 g/mol. The molecular weight excluding hydrogens is 433 g/mol. The van der Waals surface area contributed by atoms with E-state index in [0.29, 0.717) is 6.54 Å². The van der Waals surface area contributed by atoms with Crippen molar-refractivity contribution in [2.75, 3.05) is 12.3 Å². The van der Waals surface area contributed by atoms with E-state index in [0.717, 1.165) is 30.8 Å². The number of nitrogens with zero attached hydrogens (tertiary/aromatic N) is 1. The van der Waals surface area contributed by atoms with Gasteiger partial charge in [0, 0.05) is 6.54 Å². The molecule has 0 bridgehead atoms. The van der Waals surface area contributed by atoms with Gasteiger partial charge < -0.3 is 10.3 Å². The third kappa shape index (κ3) is 5.71. The van der Waals surface area contributed by atoms with Gasteiger partial charge in [0.05, 0.1) is 26.9 Å². The van der Waals surface area contributed by atoms with E-state index in [4.69, 9.17) is 23.2 Å². The highest BCUT2D eigenvalue weighted by Gasteiger charge is 2.23. The van der Waals surface area contributed by atoms with E-state index in [9.17, 15) is 18.0 Å². The third-order valence-corrected chi connectivity index (χ3v) is 6.80. The summed E-state index contributed by atoms with van der Waals surface area (Å²) in [5, 5.41) is 3.15. The highest BCUT2D eigenvalue weighted by molar-refractivity contribution is 7.99. The first kappa shape index (κ1) is 21.7. The first-order chi connectivity index (χ1) is 12.8. The first-order valence-electron chi connectivity index (χ1n) is 7.94. The van der Waals surface area contributed by atoms with Gasteiger partial charge in [0.15, 0.2) is 10.1 Å². The fourth-order valence-electron chi connectivity index (χ4n) is 1.99. The van der Waals surface area contributed by atoms with Crippen molar-refractivity contribution in [3.8, 4) is 0 Å². The van der Waals surface area contributed by atoms with Crippen LogP contribution in [-0.4, -0.2) is 36.6 Å². The summed E-state index contributed by atoms with van der Waals surface area (Å²) < 4.78 is 25.2. The van der Waals surface area contributed by atoms with E-state index in [1.54, 1.807) is 0 Å². The SMILES string of the molecule is CCCCNC(=O)CSc1ncc(S(=O)(=O)c2ccc(Cl)c(Cl)c2)c(=O)[nH]1. The average Bonchev–Trinajstić information content (AvgIpc) is 2.62. The zero-order valence-electron chi connectivity index (χ0n) is 14.3. The number of aromatic nitrogens is 2. The van der Waals surface area contributed by atoms with E-state index in [1.165, 1.54) is 18.2 Å².